The fourth-order valence-corrected chi connectivity index (χ4v) is 2.27. The molecule has 0 aliphatic heterocycles. The van der Waals surface area contributed by atoms with Crippen LogP contribution in [0.4, 0.5) is 8.78 Å². The lowest BCUT2D eigenvalue weighted by Crippen LogP contribution is -2.07. The van der Waals surface area contributed by atoms with Gasteiger partial charge in [-0.1, -0.05) is 42.6 Å². The Morgan fingerprint density at radius 2 is 2.05 bits per heavy atom. The maximum absolute atomic E-state index is 12.5. The van der Waals surface area contributed by atoms with Crippen molar-refractivity contribution in [1.82, 2.24) is 0 Å². The molecule has 1 radical (unpaired) electrons. The summed E-state index contributed by atoms with van der Waals surface area (Å²) < 4.78 is 25.0. The van der Waals surface area contributed by atoms with Gasteiger partial charge in [-0.3, -0.25) is 0 Å². The minimum absolute atomic E-state index is 0.0151. The van der Waals surface area contributed by atoms with Crippen LogP contribution in [0.5, 0.6) is 0 Å². The normalized spacial score (nSPS) is 17.2. The first-order chi connectivity index (χ1) is 9.25. The molecule has 1 saturated carbocycles. The van der Waals surface area contributed by atoms with Crippen LogP contribution in [0.2, 0.25) is 0 Å². The highest BCUT2D eigenvalue weighted by Crippen LogP contribution is 2.22. The summed E-state index contributed by atoms with van der Waals surface area (Å²) in [7, 11) is 0. The van der Waals surface area contributed by atoms with Crippen molar-refractivity contribution in [3.8, 4) is 0 Å². The molecule has 2 nitrogen and oxygen atoms in total. The predicted octanol–water partition coefficient (Wildman–Crippen LogP) is 4.58. The van der Waals surface area contributed by atoms with Crippen LogP contribution in [0.1, 0.15) is 49.7 Å². The van der Waals surface area contributed by atoms with Gasteiger partial charge in [0.1, 0.15) is 12.8 Å². The maximum atomic E-state index is 12.5. The molecule has 1 aromatic carbocycles. The molecule has 2 rings (SSSR count). The molecule has 19 heavy (non-hydrogen) atoms. The monoisotopic (exact) mass is 266 g/mol. The topological polar surface area (TPSA) is 21.6 Å². The quantitative estimate of drug-likeness (QED) is 0.564. The Labute approximate surface area is 112 Å². The third kappa shape index (κ3) is 4.62. The Morgan fingerprint density at radius 3 is 2.79 bits per heavy atom. The van der Waals surface area contributed by atoms with E-state index in [4.69, 9.17) is 4.84 Å². The SMILES string of the molecule is FC(F)c1cccc(CO/N=[C]\C2CCCCC2)c1. The first kappa shape index (κ1) is 14.0. The number of rotatable bonds is 5. The number of benzene rings is 1. The van der Waals surface area contributed by atoms with Gasteiger partial charge in [-0.05, 0) is 24.5 Å². The molecule has 1 fully saturated rings. The minimum Gasteiger partial charge on any atom is -0.391 e. The zero-order valence-corrected chi connectivity index (χ0v) is 10.8. The largest absolute Gasteiger partial charge is 0.391 e. The van der Waals surface area contributed by atoms with E-state index in [1.807, 2.05) is 0 Å². The second kappa shape index (κ2) is 7.22. The highest BCUT2D eigenvalue weighted by atomic mass is 19.3. The highest BCUT2D eigenvalue weighted by molar-refractivity contribution is 5.59. The van der Waals surface area contributed by atoms with Crippen molar-refractivity contribution < 1.29 is 13.6 Å². The Kier molecular flexibility index (Phi) is 5.31. The van der Waals surface area contributed by atoms with E-state index in [9.17, 15) is 8.78 Å². The van der Waals surface area contributed by atoms with Crippen LogP contribution in [-0.2, 0) is 11.4 Å². The molecule has 4 heteroatoms. The van der Waals surface area contributed by atoms with Gasteiger partial charge < -0.3 is 4.84 Å². The molecule has 0 unspecified atom stereocenters. The molecule has 0 heterocycles. The number of hydrogen-bond donors (Lipinski definition) is 0. The van der Waals surface area contributed by atoms with Gasteiger partial charge in [0, 0.05) is 11.5 Å². The summed E-state index contributed by atoms with van der Waals surface area (Å²) in [5.41, 5.74) is 0.716. The molecular formula is C15H18F2NO. The molecule has 0 bridgehead atoms. The average Bonchev–Trinajstić information content (AvgIpc) is 2.45. The molecule has 1 aromatic rings. The summed E-state index contributed by atoms with van der Waals surface area (Å²) in [5, 5.41) is 3.83. The van der Waals surface area contributed by atoms with Crippen molar-refractivity contribution in [3.63, 3.8) is 0 Å². The zero-order chi connectivity index (χ0) is 13.5. The standard InChI is InChI=1S/C15H18F2NO/c16-15(17)14-8-4-7-13(9-14)11-19-18-10-12-5-2-1-3-6-12/h4,7-9,12,15H,1-3,5-6,11H2. The molecule has 103 valence electrons. The molecule has 0 aromatic heterocycles. The number of alkyl halides is 2. The lowest BCUT2D eigenvalue weighted by atomic mass is 9.90. The summed E-state index contributed by atoms with van der Waals surface area (Å²) in [4.78, 5) is 5.13. The van der Waals surface area contributed by atoms with E-state index in [1.165, 1.54) is 31.4 Å². The van der Waals surface area contributed by atoms with Gasteiger partial charge in [0.15, 0.2) is 0 Å². The third-order valence-corrected chi connectivity index (χ3v) is 3.34. The van der Waals surface area contributed by atoms with E-state index >= 15 is 0 Å². The van der Waals surface area contributed by atoms with E-state index in [2.05, 4.69) is 11.4 Å². The van der Waals surface area contributed by atoms with Gasteiger partial charge in [0.25, 0.3) is 6.43 Å². The molecule has 0 amide bonds. The molecule has 0 atom stereocenters. The van der Waals surface area contributed by atoms with Crippen LogP contribution in [0.3, 0.4) is 0 Å². The van der Waals surface area contributed by atoms with Crippen molar-refractivity contribution in [2.45, 2.75) is 45.1 Å². The van der Waals surface area contributed by atoms with Crippen LogP contribution >= 0.6 is 0 Å². The lowest BCUT2D eigenvalue weighted by molar-refractivity contribution is 0.128. The van der Waals surface area contributed by atoms with Crippen LogP contribution < -0.4 is 0 Å². The third-order valence-electron chi connectivity index (χ3n) is 3.34. The van der Waals surface area contributed by atoms with Crippen molar-refractivity contribution in [2.24, 2.45) is 11.1 Å². The van der Waals surface area contributed by atoms with Gasteiger partial charge in [-0.15, -0.1) is 0 Å². The maximum Gasteiger partial charge on any atom is 0.263 e. The van der Waals surface area contributed by atoms with E-state index in [-0.39, 0.29) is 12.2 Å². The van der Waals surface area contributed by atoms with Crippen molar-refractivity contribution in [1.29, 1.82) is 0 Å². The van der Waals surface area contributed by atoms with Crippen LogP contribution in [0.15, 0.2) is 29.4 Å². The number of halogens is 2. The van der Waals surface area contributed by atoms with Crippen LogP contribution in [-0.4, -0.2) is 6.21 Å². The van der Waals surface area contributed by atoms with E-state index in [1.54, 1.807) is 12.1 Å². The fourth-order valence-electron chi connectivity index (χ4n) is 2.27. The summed E-state index contributed by atoms with van der Waals surface area (Å²) >= 11 is 0. The summed E-state index contributed by atoms with van der Waals surface area (Å²) in [6, 6.07) is 6.21. The molecule has 1 aliphatic rings. The average molecular weight is 266 g/mol. The van der Waals surface area contributed by atoms with Gasteiger partial charge in [-0.25, -0.2) is 8.78 Å². The molecule has 0 saturated heterocycles. The van der Waals surface area contributed by atoms with E-state index in [0.29, 0.717) is 11.5 Å². The Morgan fingerprint density at radius 1 is 1.26 bits per heavy atom. The van der Waals surface area contributed by atoms with Gasteiger partial charge in [-0.2, -0.15) is 0 Å². The van der Waals surface area contributed by atoms with Gasteiger partial charge in [0.2, 0.25) is 0 Å². The summed E-state index contributed by atoms with van der Waals surface area (Å²) in [6.07, 6.45) is 6.52. The predicted molar refractivity (Wildman–Crippen MR) is 70.2 cm³/mol. The van der Waals surface area contributed by atoms with Gasteiger partial charge in [0.05, 0.1) is 0 Å². The van der Waals surface area contributed by atoms with Crippen molar-refractivity contribution in [3.05, 3.63) is 35.4 Å². The number of hydrogen-bond acceptors (Lipinski definition) is 2. The van der Waals surface area contributed by atoms with E-state index < -0.39 is 6.43 Å². The van der Waals surface area contributed by atoms with Crippen LogP contribution in [0.25, 0.3) is 0 Å². The second-order valence-electron chi connectivity index (χ2n) is 4.87. The summed E-state index contributed by atoms with van der Waals surface area (Å²) in [6.45, 7) is 0.209. The van der Waals surface area contributed by atoms with E-state index in [0.717, 1.165) is 12.8 Å². The highest BCUT2D eigenvalue weighted by Gasteiger charge is 2.11. The molecule has 1 aliphatic carbocycles. The zero-order valence-electron chi connectivity index (χ0n) is 10.8. The van der Waals surface area contributed by atoms with Crippen LogP contribution in [0, 0.1) is 5.92 Å². The Balaban J connectivity index is 1.78. The second-order valence-corrected chi connectivity index (χ2v) is 4.87. The number of nitrogens with zero attached hydrogens (tertiary/aromatic N) is 1. The van der Waals surface area contributed by atoms with Gasteiger partial charge >= 0.3 is 0 Å². The Bertz CT molecular complexity index is 414. The van der Waals surface area contributed by atoms with Crippen molar-refractivity contribution >= 4 is 6.21 Å². The molecular weight excluding hydrogens is 248 g/mol. The smallest absolute Gasteiger partial charge is 0.263 e. The first-order valence-corrected chi connectivity index (χ1v) is 6.70. The van der Waals surface area contributed by atoms with Crippen molar-refractivity contribution in [2.75, 3.05) is 0 Å². The molecule has 0 N–H and O–H groups in total. The molecule has 0 spiro atoms. The lowest BCUT2D eigenvalue weighted by Gasteiger charge is -2.15. The minimum atomic E-state index is -2.45. The summed E-state index contributed by atoms with van der Waals surface area (Å²) in [5.74, 6) is 0.390. The first-order valence-electron chi connectivity index (χ1n) is 6.70. The Hall–Kier alpha value is -1.45. The fraction of sp³-hybridized carbons (Fsp3) is 0.533.